The lowest BCUT2D eigenvalue weighted by Gasteiger charge is -2.17. The summed E-state index contributed by atoms with van der Waals surface area (Å²) in [5, 5.41) is 3.40. The first-order chi connectivity index (χ1) is 7.08. The highest BCUT2D eigenvalue weighted by atomic mass is 32.2. The molecule has 15 heavy (non-hydrogen) atoms. The van der Waals surface area contributed by atoms with Crippen LogP contribution in [-0.2, 0) is 10.0 Å². The Bertz CT molecular complexity index is 309. The normalized spacial score (nSPS) is 36.1. The Hall–Kier alpha value is -0.130. The van der Waals surface area contributed by atoms with Gasteiger partial charge in [0.15, 0.2) is 0 Å². The van der Waals surface area contributed by atoms with Crippen LogP contribution in [0, 0.1) is 5.92 Å². The third-order valence-corrected chi connectivity index (χ3v) is 5.40. The second-order valence-electron chi connectivity index (χ2n) is 4.82. The summed E-state index contributed by atoms with van der Waals surface area (Å²) in [6.45, 7) is 4.51. The zero-order valence-corrected chi connectivity index (χ0v) is 10.1. The van der Waals surface area contributed by atoms with E-state index in [0.29, 0.717) is 24.3 Å². The van der Waals surface area contributed by atoms with Crippen LogP contribution >= 0.6 is 0 Å². The number of nitrogens with zero attached hydrogens (tertiary/aromatic N) is 1. The molecule has 2 saturated heterocycles. The zero-order valence-electron chi connectivity index (χ0n) is 9.28. The average Bonchev–Trinajstić information content (AvgIpc) is 2.70. The molecule has 0 spiro atoms. The van der Waals surface area contributed by atoms with Crippen LogP contribution < -0.4 is 5.32 Å². The fourth-order valence-corrected chi connectivity index (χ4v) is 4.41. The second-order valence-corrected chi connectivity index (χ2v) is 6.84. The molecule has 0 saturated carbocycles. The minimum Gasteiger partial charge on any atom is -0.314 e. The molecular formula is C10H20N2O2S. The summed E-state index contributed by atoms with van der Waals surface area (Å²) in [5.41, 5.74) is 0. The first-order valence-electron chi connectivity index (χ1n) is 5.79. The largest absolute Gasteiger partial charge is 0.314 e. The number of hydrogen-bond donors (Lipinski definition) is 1. The van der Waals surface area contributed by atoms with Gasteiger partial charge >= 0.3 is 0 Å². The van der Waals surface area contributed by atoms with Crippen LogP contribution in [0.5, 0.6) is 0 Å². The quantitative estimate of drug-likeness (QED) is 0.767. The van der Waals surface area contributed by atoms with E-state index < -0.39 is 10.0 Å². The Morgan fingerprint density at radius 1 is 1.47 bits per heavy atom. The molecule has 0 radical (unpaired) electrons. The second kappa shape index (κ2) is 4.39. The third kappa shape index (κ3) is 2.71. The Morgan fingerprint density at radius 3 is 2.80 bits per heavy atom. The van der Waals surface area contributed by atoms with Crippen molar-refractivity contribution in [2.75, 3.05) is 25.4 Å². The van der Waals surface area contributed by atoms with Gasteiger partial charge in [-0.2, -0.15) is 0 Å². The maximum atomic E-state index is 11.7. The van der Waals surface area contributed by atoms with E-state index in [2.05, 4.69) is 5.32 Å². The third-order valence-electron chi connectivity index (χ3n) is 3.29. The number of sulfonamides is 1. The monoisotopic (exact) mass is 232 g/mol. The van der Waals surface area contributed by atoms with Crippen molar-refractivity contribution in [1.29, 1.82) is 0 Å². The molecule has 5 heteroatoms. The molecule has 0 aromatic rings. The predicted octanol–water partition coefficient (Wildman–Crippen LogP) is 0.410. The van der Waals surface area contributed by atoms with Crippen molar-refractivity contribution in [3.63, 3.8) is 0 Å². The van der Waals surface area contributed by atoms with Gasteiger partial charge in [-0.1, -0.05) is 6.92 Å². The number of nitrogens with one attached hydrogen (secondary N) is 1. The first-order valence-corrected chi connectivity index (χ1v) is 7.40. The van der Waals surface area contributed by atoms with E-state index in [4.69, 9.17) is 0 Å². The van der Waals surface area contributed by atoms with E-state index in [1.807, 2.05) is 6.92 Å². The van der Waals surface area contributed by atoms with Crippen LogP contribution in [0.1, 0.15) is 26.2 Å². The molecule has 0 amide bonds. The van der Waals surface area contributed by atoms with Crippen LogP contribution in [0.2, 0.25) is 0 Å². The summed E-state index contributed by atoms with van der Waals surface area (Å²) >= 11 is 0. The highest BCUT2D eigenvalue weighted by molar-refractivity contribution is 7.89. The summed E-state index contributed by atoms with van der Waals surface area (Å²) < 4.78 is 25.0. The minimum atomic E-state index is -2.92. The van der Waals surface area contributed by atoms with Crippen molar-refractivity contribution in [3.8, 4) is 0 Å². The van der Waals surface area contributed by atoms with Gasteiger partial charge in [0, 0.05) is 19.1 Å². The van der Waals surface area contributed by atoms with Gasteiger partial charge in [-0.25, -0.2) is 12.7 Å². The molecule has 0 aliphatic carbocycles. The summed E-state index contributed by atoms with van der Waals surface area (Å²) in [5.74, 6) is 0.636. The molecule has 2 aliphatic rings. The van der Waals surface area contributed by atoms with Gasteiger partial charge < -0.3 is 5.32 Å². The van der Waals surface area contributed by atoms with Gasteiger partial charge in [-0.3, -0.25) is 0 Å². The lowest BCUT2D eigenvalue weighted by Crippen LogP contribution is -2.32. The van der Waals surface area contributed by atoms with Gasteiger partial charge in [-0.15, -0.1) is 0 Å². The number of hydrogen-bond acceptors (Lipinski definition) is 3. The molecular weight excluding hydrogens is 212 g/mol. The molecule has 2 atom stereocenters. The predicted molar refractivity (Wildman–Crippen MR) is 60.2 cm³/mol. The van der Waals surface area contributed by atoms with Gasteiger partial charge in [-0.05, 0) is 31.7 Å². The fourth-order valence-electron chi connectivity index (χ4n) is 2.51. The maximum absolute atomic E-state index is 11.7. The van der Waals surface area contributed by atoms with Crippen molar-refractivity contribution in [1.82, 2.24) is 9.62 Å². The fraction of sp³-hybridized carbons (Fsp3) is 1.00. The molecule has 2 rings (SSSR count). The van der Waals surface area contributed by atoms with Crippen molar-refractivity contribution in [2.45, 2.75) is 32.2 Å². The van der Waals surface area contributed by atoms with Crippen LogP contribution in [0.15, 0.2) is 0 Å². The van der Waals surface area contributed by atoms with Crippen molar-refractivity contribution >= 4 is 10.0 Å². The summed E-state index contributed by atoms with van der Waals surface area (Å²) in [4.78, 5) is 0. The molecule has 4 nitrogen and oxygen atoms in total. The Morgan fingerprint density at radius 2 is 2.27 bits per heavy atom. The summed E-state index contributed by atoms with van der Waals surface area (Å²) in [6.07, 6.45) is 3.39. The molecule has 88 valence electrons. The number of rotatable bonds is 3. The summed E-state index contributed by atoms with van der Waals surface area (Å²) in [7, 11) is -2.92. The SMILES string of the molecule is CC1CN(CCC2CCCN2)S(=O)(=O)C1. The highest BCUT2D eigenvalue weighted by Crippen LogP contribution is 2.20. The van der Waals surface area contributed by atoms with Gasteiger partial charge in [0.25, 0.3) is 0 Å². The van der Waals surface area contributed by atoms with E-state index in [0.717, 1.165) is 19.5 Å². The Labute approximate surface area is 92.1 Å². The molecule has 1 N–H and O–H groups in total. The molecule has 2 aliphatic heterocycles. The van der Waals surface area contributed by atoms with Crippen LogP contribution in [-0.4, -0.2) is 44.2 Å². The lowest BCUT2D eigenvalue weighted by molar-refractivity contribution is 0.383. The Kier molecular flexibility index (Phi) is 3.33. The molecule has 2 unspecified atom stereocenters. The smallest absolute Gasteiger partial charge is 0.214 e. The lowest BCUT2D eigenvalue weighted by atomic mass is 10.1. The highest BCUT2D eigenvalue weighted by Gasteiger charge is 2.33. The van der Waals surface area contributed by atoms with E-state index in [1.165, 1.54) is 12.8 Å². The Balaban J connectivity index is 1.84. The van der Waals surface area contributed by atoms with Gasteiger partial charge in [0.2, 0.25) is 10.0 Å². The van der Waals surface area contributed by atoms with E-state index in [-0.39, 0.29) is 0 Å². The van der Waals surface area contributed by atoms with Gasteiger partial charge in [0.1, 0.15) is 0 Å². The maximum Gasteiger partial charge on any atom is 0.214 e. The van der Waals surface area contributed by atoms with Gasteiger partial charge in [0.05, 0.1) is 5.75 Å². The molecule has 0 aromatic heterocycles. The van der Waals surface area contributed by atoms with E-state index in [9.17, 15) is 8.42 Å². The van der Waals surface area contributed by atoms with Crippen LogP contribution in [0.25, 0.3) is 0 Å². The van der Waals surface area contributed by atoms with Crippen LogP contribution in [0.3, 0.4) is 0 Å². The van der Waals surface area contributed by atoms with Crippen molar-refractivity contribution in [3.05, 3.63) is 0 Å². The first kappa shape index (κ1) is 11.4. The topological polar surface area (TPSA) is 49.4 Å². The van der Waals surface area contributed by atoms with Crippen LogP contribution in [0.4, 0.5) is 0 Å². The summed E-state index contributed by atoms with van der Waals surface area (Å²) in [6, 6.07) is 0.538. The molecule has 0 bridgehead atoms. The molecule has 2 fully saturated rings. The molecule has 2 heterocycles. The zero-order chi connectivity index (χ0) is 10.9. The van der Waals surface area contributed by atoms with Crippen molar-refractivity contribution < 1.29 is 8.42 Å². The minimum absolute atomic E-state index is 0.298. The van der Waals surface area contributed by atoms with E-state index >= 15 is 0 Å². The van der Waals surface area contributed by atoms with Crippen molar-refractivity contribution in [2.24, 2.45) is 5.92 Å². The van der Waals surface area contributed by atoms with E-state index in [1.54, 1.807) is 4.31 Å². The molecule has 0 aromatic carbocycles. The average molecular weight is 232 g/mol. The standard InChI is InChI=1S/C10H20N2O2S/c1-9-7-12(15(13,14)8-9)6-4-10-3-2-5-11-10/h9-11H,2-8H2,1H3.